The lowest BCUT2D eigenvalue weighted by Gasteiger charge is -2.26. The summed E-state index contributed by atoms with van der Waals surface area (Å²) in [7, 11) is -3.61. The van der Waals surface area contributed by atoms with Crippen LogP contribution >= 0.6 is 0 Å². The molecule has 0 radical (unpaired) electrons. The number of anilines is 1. The molecule has 0 saturated carbocycles. The molecule has 1 N–H and O–H groups in total. The third kappa shape index (κ3) is 5.30. The zero-order chi connectivity index (χ0) is 22.6. The van der Waals surface area contributed by atoms with Crippen LogP contribution in [0.25, 0.3) is 0 Å². The van der Waals surface area contributed by atoms with E-state index in [-0.39, 0.29) is 4.90 Å². The molecule has 1 atom stereocenters. The summed E-state index contributed by atoms with van der Waals surface area (Å²) in [6, 6.07) is 11.2. The zero-order valence-electron chi connectivity index (χ0n) is 17.8. The molecule has 0 spiro atoms. The van der Waals surface area contributed by atoms with E-state index in [0.29, 0.717) is 37.6 Å². The molecule has 8 nitrogen and oxygen atoms in total. The van der Waals surface area contributed by atoms with Gasteiger partial charge in [-0.25, -0.2) is 13.2 Å². The number of hydrogen-bond donors (Lipinski definition) is 1. The van der Waals surface area contributed by atoms with Crippen molar-refractivity contribution >= 4 is 27.6 Å². The van der Waals surface area contributed by atoms with Crippen LogP contribution in [0.5, 0.6) is 0 Å². The highest BCUT2D eigenvalue weighted by Crippen LogP contribution is 2.20. The largest absolute Gasteiger partial charge is 0.449 e. The van der Waals surface area contributed by atoms with Gasteiger partial charge in [-0.2, -0.15) is 4.31 Å². The summed E-state index contributed by atoms with van der Waals surface area (Å²) in [6.07, 6.45) is -1.02. The van der Waals surface area contributed by atoms with Crippen molar-refractivity contribution < 1.29 is 27.5 Å². The third-order valence-electron chi connectivity index (χ3n) is 5.21. The lowest BCUT2D eigenvalue weighted by molar-refractivity contribution is -0.123. The van der Waals surface area contributed by atoms with E-state index < -0.39 is 28.0 Å². The van der Waals surface area contributed by atoms with Gasteiger partial charge in [-0.3, -0.25) is 4.79 Å². The van der Waals surface area contributed by atoms with Gasteiger partial charge in [-0.1, -0.05) is 12.1 Å². The van der Waals surface area contributed by atoms with Crippen LogP contribution in [0, 0.1) is 13.8 Å². The molecule has 31 heavy (non-hydrogen) atoms. The Bertz CT molecular complexity index is 1060. The molecule has 1 unspecified atom stereocenters. The van der Waals surface area contributed by atoms with Crippen LogP contribution in [0.1, 0.15) is 28.4 Å². The number of rotatable bonds is 6. The first-order valence-corrected chi connectivity index (χ1v) is 11.4. The van der Waals surface area contributed by atoms with Gasteiger partial charge in [0, 0.05) is 18.8 Å². The second-order valence-electron chi connectivity index (χ2n) is 7.33. The van der Waals surface area contributed by atoms with Gasteiger partial charge >= 0.3 is 5.97 Å². The quantitative estimate of drug-likeness (QED) is 0.684. The van der Waals surface area contributed by atoms with Crippen LogP contribution in [-0.2, 0) is 24.3 Å². The van der Waals surface area contributed by atoms with Crippen LogP contribution < -0.4 is 5.32 Å². The Morgan fingerprint density at radius 3 is 2.35 bits per heavy atom. The normalized spacial score (nSPS) is 15.8. The standard InChI is InChI=1S/C22H26N2O6S/c1-15-5-4-6-20(16(15)2)22(26)30-17(3)21(25)23-18-7-9-19(10-8-18)31(27,28)24-11-13-29-14-12-24/h4-10,17H,11-14H2,1-3H3,(H,23,25). The molecule has 2 aromatic rings. The number of benzene rings is 2. The number of carbonyl (C=O) groups excluding carboxylic acids is 2. The summed E-state index contributed by atoms with van der Waals surface area (Å²) < 4.78 is 37.2. The fourth-order valence-electron chi connectivity index (χ4n) is 3.14. The molecule has 0 bridgehead atoms. The summed E-state index contributed by atoms with van der Waals surface area (Å²) >= 11 is 0. The summed E-state index contributed by atoms with van der Waals surface area (Å²) in [6.45, 7) is 6.55. The number of amides is 1. The number of esters is 1. The average molecular weight is 447 g/mol. The molecule has 2 aromatic carbocycles. The van der Waals surface area contributed by atoms with Gasteiger partial charge in [-0.05, 0) is 62.2 Å². The molecule has 1 aliphatic heterocycles. The van der Waals surface area contributed by atoms with Crippen LogP contribution in [0.15, 0.2) is 47.4 Å². The maximum atomic E-state index is 12.7. The van der Waals surface area contributed by atoms with E-state index >= 15 is 0 Å². The Balaban J connectivity index is 1.62. The Kier molecular flexibility index (Phi) is 7.09. The Morgan fingerprint density at radius 2 is 1.71 bits per heavy atom. The van der Waals surface area contributed by atoms with Crippen molar-refractivity contribution in [2.75, 3.05) is 31.6 Å². The summed E-state index contributed by atoms with van der Waals surface area (Å²) in [5, 5.41) is 2.64. The van der Waals surface area contributed by atoms with Crippen LogP contribution in [0.2, 0.25) is 0 Å². The minimum Gasteiger partial charge on any atom is -0.449 e. The number of hydrogen-bond acceptors (Lipinski definition) is 6. The van der Waals surface area contributed by atoms with Crippen molar-refractivity contribution in [2.45, 2.75) is 31.8 Å². The SMILES string of the molecule is Cc1cccc(C(=O)OC(C)C(=O)Nc2ccc(S(=O)(=O)N3CCOCC3)cc2)c1C. The van der Waals surface area contributed by atoms with Gasteiger partial charge in [0.2, 0.25) is 10.0 Å². The average Bonchev–Trinajstić information content (AvgIpc) is 2.76. The molecule has 1 heterocycles. The molecule has 0 aliphatic carbocycles. The number of nitrogens with one attached hydrogen (secondary N) is 1. The number of nitrogens with zero attached hydrogens (tertiary/aromatic N) is 1. The molecule has 3 rings (SSSR count). The monoisotopic (exact) mass is 446 g/mol. The minimum atomic E-state index is -3.61. The number of sulfonamides is 1. The summed E-state index contributed by atoms with van der Waals surface area (Å²) in [4.78, 5) is 25.0. The van der Waals surface area contributed by atoms with Gasteiger partial charge < -0.3 is 14.8 Å². The van der Waals surface area contributed by atoms with Crippen molar-refractivity contribution in [3.8, 4) is 0 Å². The minimum absolute atomic E-state index is 0.141. The van der Waals surface area contributed by atoms with Crippen molar-refractivity contribution in [2.24, 2.45) is 0 Å². The Labute approximate surface area is 182 Å². The lowest BCUT2D eigenvalue weighted by atomic mass is 10.0. The van der Waals surface area contributed by atoms with Crippen molar-refractivity contribution in [3.05, 3.63) is 59.2 Å². The zero-order valence-corrected chi connectivity index (χ0v) is 18.6. The highest BCUT2D eigenvalue weighted by molar-refractivity contribution is 7.89. The summed E-state index contributed by atoms with van der Waals surface area (Å²) in [5.74, 6) is -1.08. The second-order valence-corrected chi connectivity index (χ2v) is 9.26. The first-order chi connectivity index (χ1) is 14.7. The highest BCUT2D eigenvalue weighted by Gasteiger charge is 2.26. The maximum absolute atomic E-state index is 12.7. The van der Waals surface area contributed by atoms with Gasteiger partial charge in [-0.15, -0.1) is 0 Å². The van der Waals surface area contributed by atoms with E-state index in [1.54, 1.807) is 12.1 Å². The van der Waals surface area contributed by atoms with E-state index in [0.717, 1.165) is 11.1 Å². The fraction of sp³-hybridized carbons (Fsp3) is 0.364. The molecule has 166 valence electrons. The predicted octanol–water partition coefficient (Wildman–Crippen LogP) is 2.51. The number of ether oxygens (including phenoxy) is 2. The highest BCUT2D eigenvalue weighted by atomic mass is 32.2. The van der Waals surface area contributed by atoms with Gasteiger partial charge in [0.25, 0.3) is 5.91 Å². The van der Waals surface area contributed by atoms with Gasteiger partial charge in [0.1, 0.15) is 0 Å². The van der Waals surface area contributed by atoms with Crippen LogP contribution in [0.3, 0.4) is 0 Å². The van der Waals surface area contributed by atoms with Crippen LogP contribution in [0.4, 0.5) is 5.69 Å². The molecular formula is C22H26N2O6S. The number of morpholine rings is 1. The van der Waals surface area contributed by atoms with Gasteiger partial charge in [0.05, 0.1) is 23.7 Å². The van der Waals surface area contributed by atoms with Gasteiger partial charge in [0.15, 0.2) is 6.10 Å². The second kappa shape index (κ2) is 9.59. The predicted molar refractivity (Wildman–Crippen MR) is 115 cm³/mol. The topological polar surface area (TPSA) is 102 Å². The summed E-state index contributed by atoms with van der Waals surface area (Å²) in [5.41, 5.74) is 2.58. The molecule has 1 aliphatic rings. The van der Waals surface area contributed by atoms with Crippen molar-refractivity contribution in [1.29, 1.82) is 0 Å². The number of aryl methyl sites for hydroxylation is 1. The van der Waals surface area contributed by atoms with E-state index in [9.17, 15) is 18.0 Å². The molecule has 9 heteroatoms. The fourth-order valence-corrected chi connectivity index (χ4v) is 4.55. The maximum Gasteiger partial charge on any atom is 0.339 e. The Hall–Kier alpha value is -2.75. The van der Waals surface area contributed by atoms with Crippen molar-refractivity contribution in [1.82, 2.24) is 4.31 Å². The first-order valence-electron chi connectivity index (χ1n) is 9.96. The van der Waals surface area contributed by atoms with E-state index in [2.05, 4.69) is 5.32 Å². The van der Waals surface area contributed by atoms with Crippen LogP contribution in [-0.4, -0.2) is 57.0 Å². The first kappa shape index (κ1) is 22.9. The lowest BCUT2D eigenvalue weighted by Crippen LogP contribution is -2.40. The smallest absolute Gasteiger partial charge is 0.339 e. The van der Waals surface area contributed by atoms with E-state index in [1.807, 2.05) is 19.9 Å². The molecule has 0 aromatic heterocycles. The Morgan fingerprint density at radius 1 is 1.06 bits per heavy atom. The molecular weight excluding hydrogens is 420 g/mol. The molecule has 1 amide bonds. The van der Waals surface area contributed by atoms with E-state index in [1.165, 1.54) is 35.5 Å². The molecule has 1 fully saturated rings. The van der Waals surface area contributed by atoms with Crippen molar-refractivity contribution in [3.63, 3.8) is 0 Å². The molecule has 1 saturated heterocycles. The third-order valence-corrected chi connectivity index (χ3v) is 7.12. The van der Waals surface area contributed by atoms with E-state index in [4.69, 9.17) is 9.47 Å². The number of carbonyl (C=O) groups is 2.